The zero-order valence-electron chi connectivity index (χ0n) is 13.7. The van der Waals surface area contributed by atoms with Crippen LogP contribution in [0.3, 0.4) is 0 Å². The van der Waals surface area contributed by atoms with E-state index in [1.807, 2.05) is 37.3 Å². The van der Waals surface area contributed by atoms with Crippen molar-refractivity contribution in [2.45, 2.75) is 19.8 Å². The molecular formula is C21H20O3. The van der Waals surface area contributed by atoms with Gasteiger partial charge in [-0.2, -0.15) is 0 Å². The fourth-order valence-corrected chi connectivity index (χ4v) is 2.48. The van der Waals surface area contributed by atoms with Crippen molar-refractivity contribution in [1.29, 1.82) is 0 Å². The molecule has 2 aromatic rings. The van der Waals surface area contributed by atoms with Crippen LogP contribution >= 0.6 is 0 Å². The van der Waals surface area contributed by atoms with E-state index in [0.29, 0.717) is 6.42 Å². The fourth-order valence-electron chi connectivity index (χ4n) is 2.48. The van der Waals surface area contributed by atoms with Gasteiger partial charge in [-0.3, -0.25) is 9.59 Å². The molecule has 0 amide bonds. The minimum absolute atomic E-state index is 0.132. The van der Waals surface area contributed by atoms with Crippen molar-refractivity contribution in [2.75, 3.05) is 0 Å². The molecule has 2 aromatic carbocycles. The van der Waals surface area contributed by atoms with Crippen LogP contribution in [0.5, 0.6) is 5.75 Å². The third kappa shape index (κ3) is 4.53. The van der Waals surface area contributed by atoms with Gasteiger partial charge in [0.2, 0.25) is 0 Å². The molecule has 0 aliphatic carbocycles. The summed E-state index contributed by atoms with van der Waals surface area (Å²) in [6.07, 6.45) is 4.88. The number of hydrogen-bond acceptors (Lipinski definition) is 3. The third-order valence-electron chi connectivity index (χ3n) is 3.84. The standard InChI is InChI=1S/C21H20O3/c1-3-18(22)14-20(24)8-4-6-16-7-5-9-21(15(16)2)17-10-12-19(23)13-11-17/h3-5,7-13,23H,1,6,14H2,2H3/b8-4+. The van der Waals surface area contributed by atoms with Crippen LogP contribution in [0.25, 0.3) is 11.1 Å². The largest absolute Gasteiger partial charge is 0.508 e. The Morgan fingerprint density at radius 2 is 1.79 bits per heavy atom. The number of rotatable bonds is 7. The highest BCUT2D eigenvalue weighted by atomic mass is 16.3. The fraction of sp³-hybridized carbons (Fsp3) is 0.143. The van der Waals surface area contributed by atoms with Crippen LogP contribution in [0.4, 0.5) is 0 Å². The van der Waals surface area contributed by atoms with Crippen LogP contribution in [0, 0.1) is 6.92 Å². The highest BCUT2D eigenvalue weighted by Gasteiger charge is 2.06. The topological polar surface area (TPSA) is 54.4 Å². The Labute approximate surface area is 142 Å². The summed E-state index contributed by atoms with van der Waals surface area (Å²) in [5.74, 6) is -0.245. The monoisotopic (exact) mass is 320 g/mol. The second kappa shape index (κ2) is 8.06. The molecule has 0 saturated carbocycles. The molecule has 0 heterocycles. The first-order valence-electron chi connectivity index (χ1n) is 7.74. The maximum atomic E-state index is 11.6. The lowest BCUT2D eigenvalue weighted by Crippen LogP contribution is -2.01. The minimum atomic E-state index is -0.268. The Morgan fingerprint density at radius 3 is 2.46 bits per heavy atom. The Balaban J connectivity index is 2.13. The molecule has 24 heavy (non-hydrogen) atoms. The molecule has 122 valence electrons. The predicted molar refractivity (Wildman–Crippen MR) is 96.0 cm³/mol. The third-order valence-corrected chi connectivity index (χ3v) is 3.84. The van der Waals surface area contributed by atoms with Crippen LogP contribution in [-0.4, -0.2) is 16.7 Å². The van der Waals surface area contributed by atoms with E-state index in [4.69, 9.17) is 0 Å². The maximum Gasteiger partial charge on any atom is 0.163 e. The zero-order valence-corrected chi connectivity index (χ0v) is 13.7. The van der Waals surface area contributed by atoms with Crippen molar-refractivity contribution in [3.05, 3.63) is 78.4 Å². The SMILES string of the molecule is C=CC(=O)CC(=O)/C=C/Cc1cccc(-c2ccc(O)cc2)c1C. The van der Waals surface area contributed by atoms with Gasteiger partial charge >= 0.3 is 0 Å². The molecule has 0 radical (unpaired) electrons. The molecule has 0 atom stereocenters. The summed E-state index contributed by atoms with van der Waals surface area (Å²) in [5, 5.41) is 9.40. The summed E-state index contributed by atoms with van der Waals surface area (Å²) in [6.45, 7) is 5.39. The first kappa shape index (κ1) is 17.4. The second-order valence-corrected chi connectivity index (χ2v) is 5.56. The summed E-state index contributed by atoms with van der Waals surface area (Å²) in [6, 6.07) is 13.1. The van der Waals surface area contributed by atoms with Gasteiger partial charge in [0, 0.05) is 0 Å². The number of ketones is 2. The Kier molecular flexibility index (Phi) is 5.85. The van der Waals surface area contributed by atoms with Crippen LogP contribution in [0.1, 0.15) is 17.5 Å². The second-order valence-electron chi connectivity index (χ2n) is 5.56. The Morgan fingerprint density at radius 1 is 1.08 bits per heavy atom. The number of aromatic hydroxyl groups is 1. The number of benzene rings is 2. The minimum Gasteiger partial charge on any atom is -0.508 e. The summed E-state index contributed by atoms with van der Waals surface area (Å²) < 4.78 is 0. The summed E-state index contributed by atoms with van der Waals surface area (Å²) in [4.78, 5) is 22.8. The normalized spacial score (nSPS) is 10.7. The maximum absolute atomic E-state index is 11.6. The summed E-state index contributed by atoms with van der Waals surface area (Å²) in [7, 11) is 0. The lowest BCUT2D eigenvalue weighted by molar-refractivity contribution is -0.121. The lowest BCUT2D eigenvalue weighted by Gasteiger charge is -2.10. The van der Waals surface area contributed by atoms with Gasteiger partial charge in [0.1, 0.15) is 5.75 Å². The van der Waals surface area contributed by atoms with Crippen molar-refractivity contribution in [1.82, 2.24) is 0 Å². The van der Waals surface area contributed by atoms with Gasteiger partial charge in [0.05, 0.1) is 6.42 Å². The number of carbonyl (C=O) groups is 2. The van der Waals surface area contributed by atoms with E-state index in [2.05, 4.69) is 6.58 Å². The summed E-state index contributed by atoms with van der Waals surface area (Å²) >= 11 is 0. The molecule has 0 spiro atoms. The highest BCUT2D eigenvalue weighted by molar-refractivity contribution is 6.08. The molecule has 0 aliphatic rings. The van der Waals surface area contributed by atoms with E-state index in [0.717, 1.165) is 28.3 Å². The van der Waals surface area contributed by atoms with E-state index >= 15 is 0 Å². The molecule has 0 saturated heterocycles. The van der Waals surface area contributed by atoms with Gasteiger partial charge < -0.3 is 5.11 Å². The molecule has 0 unspecified atom stereocenters. The molecule has 3 nitrogen and oxygen atoms in total. The number of phenolic OH excluding ortho intramolecular Hbond substituents is 1. The van der Waals surface area contributed by atoms with Crippen LogP contribution < -0.4 is 0 Å². The van der Waals surface area contributed by atoms with Crippen molar-refractivity contribution >= 4 is 11.6 Å². The average Bonchev–Trinajstić information content (AvgIpc) is 2.57. The molecule has 0 bridgehead atoms. The van der Waals surface area contributed by atoms with Crippen molar-refractivity contribution in [3.8, 4) is 16.9 Å². The number of carbonyl (C=O) groups excluding carboxylic acids is 2. The van der Waals surface area contributed by atoms with Gasteiger partial charge in [-0.15, -0.1) is 0 Å². The van der Waals surface area contributed by atoms with E-state index in [1.54, 1.807) is 18.2 Å². The Bertz CT molecular complexity index is 783. The van der Waals surface area contributed by atoms with Crippen molar-refractivity contribution in [3.63, 3.8) is 0 Å². The first-order chi connectivity index (χ1) is 11.5. The number of phenols is 1. The van der Waals surface area contributed by atoms with Gasteiger partial charge in [-0.1, -0.05) is 43.0 Å². The predicted octanol–water partition coefficient (Wildman–Crippen LogP) is 4.18. The molecule has 0 aromatic heterocycles. The van der Waals surface area contributed by atoms with Gasteiger partial charge in [-0.05, 0) is 59.9 Å². The summed E-state index contributed by atoms with van der Waals surface area (Å²) in [5.41, 5.74) is 4.36. The highest BCUT2D eigenvalue weighted by Crippen LogP contribution is 2.27. The molecule has 3 heteroatoms. The number of allylic oxidation sites excluding steroid dienone is 3. The zero-order chi connectivity index (χ0) is 17.5. The van der Waals surface area contributed by atoms with Crippen molar-refractivity contribution in [2.24, 2.45) is 0 Å². The average molecular weight is 320 g/mol. The number of hydrogen-bond donors (Lipinski definition) is 1. The molecule has 1 N–H and O–H groups in total. The van der Waals surface area contributed by atoms with Gasteiger partial charge in [-0.25, -0.2) is 0 Å². The van der Waals surface area contributed by atoms with Crippen LogP contribution in [0.2, 0.25) is 0 Å². The van der Waals surface area contributed by atoms with Crippen molar-refractivity contribution < 1.29 is 14.7 Å². The van der Waals surface area contributed by atoms with E-state index in [-0.39, 0.29) is 23.7 Å². The smallest absolute Gasteiger partial charge is 0.163 e. The molecule has 0 aliphatic heterocycles. The Hall–Kier alpha value is -2.94. The quantitative estimate of drug-likeness (QED) is 0.615. The van der Waals surface area contributed by atoms with E-state index in [1.165, 1.54) is 6.08 Å². The molecule has 2 rings (SSSR count). The van der Waals surface area contributed by atoms with Gasteiger partial charge in [0.25, 0.3) is 0 Å². The lowest BCUT2D eigenvalue weighted by atomic mass is 9.95. The first-order valence-corrected chi connectivity index (χ1v) is 7.74. The van der Waals surface area contributed by atoms with Gasteiger partial charge in [0.15, 0.2) is 11.6 Å². The van der Waals surface area contributed by atoms with E-state index < -0.39 is 0 Å². The molecular weight excluding hydrogens is 300 g/mol. The van der Waals surface area contributed by atoms with Crippen LogP contribution in [0.15, 0.2) is 67.3 Å². The van der Waals surface area contributed by atoms with Crippen LogP contribution in [-0.2, 0) is 16.0 Å². The molecule has 0 fully saturated rings. The van der Waals surface area contributed by atoms with E-state index in [9.17, 15) is 14.7 Å².